The molecule has 0 spiro atoms. The van der Waals surface area contributed by atoms with Gasteiger partial charge in [-0.3, -0.25) is 0 Å². The molecule has 5 nitrogen and oxygen atoms in total. The zero-order valence-electron chi connectivity index (χ0n) is 9.98. The quantitative estimate of drug-likeness (QED) is 0.643. The van der Waals surface area contributed by atoms with E-state index in [-0.39, 0.29) is 11.2 Å². The second-order valence-corrected chi connectivity index (χ2v) is 5.00. The lowest BCUT2D eigenvalue weighted by molar-refractivity contribution is -0.388. The Morgan fingerprint density at radius 2 is 2.24 bits per heavy atom. The summed E-state index contributed by atoms with van der Waals surface area (Å²) in [6.07, 6.45) is 6.34. The zero-order valence-corrected chi connectivity index (χ0v) is 9.98. The maximum atomic E-state index is 10.8. The molecule has 0 saturated heterocycles. The second-order valence-electron chi connectivity index (χ2n) is 5.00. The van der Waals surface area contributed by atoms with Crippen molar-refractivity contribution in [1.29, 1.82) is 0 Å². The van der Waals surface area contributed by atoms with Crippen molar-refractivity contribution in [3.63, 3.8) is 0 Å². The number of nitrogens with zero attached hydrogens (tertiary/aromatic N) is 2. The molecule has 0 atom stereocenters. The monoisotopic (exact) mass is 235 g/mol. The fraction of sp³-hybridized carbons (Fsp3) is 0.583. The minimum absolute atomic E-state index is 0.0888. The standard InChI is InChI=1S/C12H17N3O2/c1-12(6-2-3-7-12)9-14-10-5-4-8-13-11(10)15(16)17/h4-5,8,14H,2-3,6-7,9H2,1H3. The first-order valence-electron chi connectivity index (χ1n) is 5.94. The Morgan fingerprint density at radius 1 is 1.53 bits per heavy atom. The third kappa shape index (κ3) is 2.72. The molecule has 0 radical (unpaired) electrons. The smallest absolute Gasteiger partial charge is 0.378 e. The molecule has 1 heterocycles. The van der Waals surface area contributed by atoms with Crippen LogP contribution in [0.5, 0.6) is 0 Å². The molecule has 2 rings (SSSR count). The Bertz CT molecular complexity index is 414. The molecule has 1 fully saturated rings. The first-order valence-corrected chi connectivity index (χ1v) is 5.94. The van der Waals surface area contributed by atoms with E-state index in [0.717, 1.165) is 6.54 Å². The third-order valence-electron chi connectivity index (χ3n) is 3.48. The highest BCUT2D eigenvalue weighted by atomic mass is 16.6. The highest BCUT2D eigenvalue weighted by molar-refractivity contribution is 5.56. The third-order valence-corrected chi connectivity index (χ3v) is 3.48. The van der Waals surface area contributed by atoms with Gasteiger partial charge in [0, 0.05) is 6.54 Å². The van der Waals surface area contributed by atoms with Crippen molar-refractivity contribution in [3.05, 3.63) is 28.4 Å². The van der Waals surface area contributed by atoms with Crippen LogP contribution in [0.2, 0.25) is 0 Å². The normalized spacial score (nSPS) is 17.9. The molecular weight excluding hydrogens is 218 g/mol. The van der Waals surface area contributed by atoms with Crippen molar-refractivity contribution in [3.8, 4) is 0 Å². The largest absolute Gasteiger partial charge is 0.386 e. The van der Waals surface area contributed by atoms with E-state index in [0.29, 0.717) is 5.69 Å². The van der Waals surface area contributed by atoms with Crippen molar-refractivity contribution in [2.24, 2.45) is 5.41 Å². The van der Waals surface area contributed by atoms with Crippen LogP contribution in [-0.4, -0.2) is 16.5 Å². The Morgan fingerprint density at radius 3 is 2.88 bits per heavy atom. The predicted octanol–water partition coefficient (Wildman–Crippen LogP) is 2.98. The van der Waals surface area contributed by atoms with E-state index in [1.165, 1.54) is 31.9 Å². The van der Waals surface area contributed by atoms with Crippen molar-refractivity contribution in [2.45, 2.75) is 32.6 Å². The average molecular weight is 235 g/mol. The van der Waals surface area contributed by atoms with Gasteiger partial charge >= 0.3 is 5.82 Å². The van der Waals surface area contributed by atoms with Crippen LogP contribution in [0.3, 0.4) is 0 Å². The molecule has 1 N–H and O–H groups in total. The predicted molar refractivity (Wildman–Crippen MR) is 66.0 cm³/mol. The molecule has 0 amide bonds. The lowest BCUT2D eigenvalue weighted by Crippen LogP contribution is -2.23. The number of aromatic nitrogens is 1. The Kier molecular flexibility index (Phi) is 3.26. The second kappa shape index (κ2) is 4.69. The van der Waals surface area contributed by atoms with Crippen LogP contribution in [0.15, 0.2) is 18.3 Å². The van der Waals surface area contributed by atoms with E-state index < -0.39 is 4.92 Å². The summed E-state index contributed by atoms with van der Waals surface area (Å²) in [5, 5.41) is 14.0. The Hall–Kier alpha value is -1.65. The van der Waals surface area contributed by atoms with Gasteiger partial charge in [-0.25, -0.2) is 0 Å². The van der Waals surface area contributed by atoms with Gasteiger partial charge in [-0.1, -0.05) is 19.8 Å². The van der Waals surface area contributed by atoms with Crippen LogP contribution in [0, 0.1) is 15.5 Å². The number of hydrogen-bond donors (Lipinski definition) is 1. The molecule has 0 aromatic carbocycles. The molecule has 1 aromatic heterocycles. The minimum Gasteiger partial charge on any atom is -0.378 e. The summed E-state index contributed by atoms with van der Waals surface area (Å²) in [7, 11) is 0. The SMILES string of the molecule is CC1(CNc2cccnc2[N+](=O)[O-])CCCC1. The molecule has 0 aliphatic heterocycles. The number of pyridine rings is 1. The van der Waals surface area contributed by atoms with E-state index in [2.05, 4.69) is 17.2 Å². The van der Waals surface area contributed by atoms with Crippen molar-refractivity contribution >= 4 is 11.5 Å². The molecule has 0 unspecified atom stereocenters. The number of nitrogens with one attached hydrogen (secondary N) is 1. The number of rotatable bonds is 4. The van der Waals surface area contributed by atoms with Crippen LogP contribution in [-0.2, 0) is 0 Å². The topological polar surface area (TPSA) is 68.1 Å². The maximum Gasteiger partial charge on any atom is 0.386 e. The lowest BCUT2D eigenvalue weighted by atomic mass is 9.89. The van der Waals surface area contributed by atoms with E-state index in [9.17, 15) is 10.1 Å². The lowest BCUT2D eigenvalue weighted by Gasteiger charge is -2.24. The average Bonchev–Trinajstić information content (AvgIpc) is 2.74. The van der Waals surface area contributed by atoms with Crippen LogP contribution >= 0.6 is 0 Å². The van der Waals surface area contributed by atoms with Gasteiger partial charge in [-0.05, 0) is 40.3 Å². The van der Waals surface area contributed by atoms with Gasteiger partial charge in [0.05, 0.1) is 0 Å². The Balaban J connectivity index is 2.06. The summed E-state index contributed by atoms with van der Waals surface area (Å²) < 4.78 is 0. The molecule has 5 heteroatoms. The summed E-state index contributed by atoms with van der Waals surface area (Å²) in [4.78, 5) is 14.1. The maximum absolute atomic E-state index is 10.8. The molecule has 1 saturated carbocycles. The van der Waals surface area contributed by atoms with Gasteiger partial charge in [0.15, 0.2) is 0 Å². The number of nitro groups is 1. The fourth-order valence-corrected chi connectivity index (χ4v) is 2.39. The van der Waals surface area contributed by atoms with Gasteiger partial charge < -0.3 is 15.4 Å². The van der Waals surface area contributed by atoms with Crippen LogP contribution < -0.4 is 5.32 Å². The van der Waals surface area contributed by atoms with Gasteiger partial charge in [-0.2, -0.15) is 0 Å². The highest BCUT2D eigenvalue weighted by Crippen LogP contribution is 2.37. The van der Waals surface area contributed by atoms with Crippen molar-refractivity contribution < 1.29 is 4.92 Å². The van der Waals surface area contributed by atoms with Crippen molar-refractivity contribution in [1.82, 2.24) is 4.98 Å². The first-order chi connectivity index (χ1) is 8.11. The molecule has 17 heavy (non-hydrogen) atoms. The molecule has 0 bridgehead atoms. The van der Waals surface area contributed by atoms with E-state index in [1.807, 2.05) is 0 Å². The summed E-state index contributed by atoms with van der Waals surface area (Å²) in [6.45, 7) is 3.01. The fourth-order valence-electron chi connectivity index (χ4n) is 2.39. The van der Waals surface area contributed by atoms with Gasteiger partial charge in [0.1, 0.15) is 11.9 Å². The minimum atomic E-state index is -0.445. The zero-order chi connectivity index (χ0) is 12.3. The highest BCUT2D eigenvalue weighted by Gasteiger charge is 2.29. The summed E-state index contributed by atoms with van der Waals surface area (Å²) in [5.41, 5.74) is 0.787. The van der Waals surface area contributed by atoms with E-state index in [1.54, 1.807) is 12.1 Å². The van der Waals surface area contributed by atoms with Gasteiger partial charge in [0.25, 0.3) is 0 Å². The summed E-state index contributed by atoms with van der Waals surface area (Å²) in [5.74, 6) is -0.0888. The molecular formula is C12H17N3O2. The van der Waals surface area contributed by atoms with Gasteiger partial charge in [-0.15, -0.1) is 0 Å². The Labute approximate surface area is 100 Å². The molecule has 1 aromatic rings. The summed E-state index contributed by atoms with van der Waals surface area (Å²) in [6, 6.07) is 3.43. The van der Waals surface area contributed by atoms with Crippen LogP contribution in [0.4, 0.5) is 11.5 Å². The van der Waals surface area contributed by atoms with Crippen LogP contribution in [0.25, 0.3) is 0 Å². The first kappa shape index (κ1) is 11.8. The van der Waals surface area contributed by atoms with E-state index >= 15 is 0 Å². The van der Waals surface area contributed by atoms with E-state index in [4.69, 9.17) is 0 Å². The summed E-state index contributed by atoms with van der Waals surface area (Å²) >= 11 is 0. The number of anilines is 1. The molecule has 92 valence electrons. The van der Waals surface area contributed by atoms with Crippen molar-refractivity contribution in [2.75, 3.05) is 11.9 Å². The molecule has 1 aliphatic carbocycles. The molecule has 1 aliphatic rings. The van der Waals surface area contributed by atoms with Crippen LogP contribution in [0.1, 0.15) is 32.6 Å². The van der Waals surface area contributed by atoms with Gasteiger partial charge in [0.2, 0.25) is 0 Å². The number of hydrogen-bond acceptors (Lipinski definition) is 4.